The molecule has 1 heterocycles. The highest BCUT2D eigenvalue weighted by Gasteiger charge is 2.20. The summed E-state index contributed by atoms with van der Waals surface area (Å²) in [6.07, 6.45) is 0. The number of aromatic carboxylic acids is 1. The number of ether oxygens (including phenoxy) is 1. The summed E-state index contributed by atoms with van der Waals surface area (Å²) in [6, 6.07) is 25.4. The van der Waals surface area contributed by atoms with Gasteiger partial charge in [-0.1, -0.05) is 66.7 Å². The summed E-state index contributed by atoms with van der Waals surface area (Å²) in [5.41, 5.74) is 1.50. The van der Waals surface area contributed by atoms with Crippen LogP contribution in [0.2, 0.25) is 0 Å². The third-order valence-corrected chi connectivity index (χ3v) is 5.27. The molecule has 0 unspecified atom stereocenters. The van der Waals surface area contributed by atoms with Gasteiger partial charge in [0.15, 0.2) is 0 Å². The fraction of sp³-hybridized carbons (Fsp3) is 0.160. The van der Waals surface area contributed by atoms with E-state index in [1.165, 1.54) is 12.1 Å². The van der Waals surface area contributed by atoms with Crippen molar-refractivity contribution in [3.63, 3.8) is 0 Å². The van der Waals surface area contributed by atoms with Crippen molar-refractivity contribution in [3.8, 4) is 5.75 Å². The van der Waals surface area contributed by atoms with E-state index < -0.39 is 17.4 Å². The fourth-order valence-corrected chi connectivity index (χ4v) is 3.61. The Morgan fingerprint density at radius 1 is 0.909 bits per heavy atom. The van der Waals surface area contributed by atoms with Crippen LogP contribution in [0.25, 0.3) is 0 Å². The molecule has 0 amide bonds. The normalized spacial score (nSPS) is 10.9. The molecular weight excluding hydrogens is 424 g/mol. The second-order valence-electron chi connectivity index (χ2n) is 7.41. The number of benzene rings is 3. The molecule has 33 heavy (non-hydrogen) atoms. The number of carboxylic acids is 1. The molecule has 4 aromatic rings. The number of aromatic nitrogens is 2. The van der Waals surface area contributed by atoms with Crippen LogP contribution in [0, 0.1) is 0 Å². The van der Waals surface area contributed by atoms with Gasteiger partial charge in [-0.3, -0.25) is 0 Å². The summed E-state index contributed by atoms with van der Waals surface area (Å²) in [4.78, 5) is 36.3. The van der Waals surface area contributed by atoms with Crippen molar-refractivity contribution in [3.05, 3.63) is 123 Å². The fourth-order valence-electron chi connectivity index (χ4n) is 3.61. The summed E-state index contributed by atoms with van der Waals surface area (Å²) in [7, 11) is 0. The van der Waals surface area contributed by atoms with Gasteiger partial charge >= 0.3 is 17.4 Å². The van der Waals surface area contributed by atoms with Crippen LogP contribution >= 0.6 is 0 Å². The Hall–Kier alpha value is -4.33. The largest absolute Gasteiger partial charge is 0.492 e. The van der Waals surface area contributed by atoms with Gasteiger partial charge in [-0.25, -0.2) is 19.0 Å². The molecule has 0 bridgehead atoms. The van der Waals surface area contributed by atoms with E-state index in [1.807, 2.05) is 60.7 Å². The van der Waals surface area contributed by atoms with Gasteiger partial charge < -0.3 is 14.4 Å². The van der Waals surface area contributed by atoms with E-state index in [0.717, 1.165) is 20.4 Å². The van der Waals surface area contributed by atoms with Crippen molar-refractivity contribution in [2.75, 3.05) is 6.61 Å². The Kier molecular flexibility index (Phi) is 6.54. The van der Waals surface area contributed by atoms with Gasteiger partial charge in [0, 0.05) is 5.92 Å². The molecule has 0 spiro atoms. The average Bonchev–Trinajstić information content (AvgIpc) is 3.11. The molecule has 4 rings (SSSR count). The van der Waals surface area contributed by atoms with Crippen LogP contribution in [0.15, 0.2) is 99.0 Å². The number of carboxylic acid groups (broad SMARTS) is 1. The van der Waals surface area contributed by atoms with Gasteiger partial charge in [-0.2, -0.15) is 4.74 Å². The molecule has 0 atom stereocenters. The zero-order valence-electron chi connectivity index (χ0n) is 17.7. The number of hydrogen-bond donors (Lipinski definition) is 1. The Morgan fingerprint density at radius 3 is 2.15 bits per heavy atom. The van der Waals surface area contributed by atoms with Gasteiger partial charge in [0.2, 0.25) is 0 Å². The lowest BCUT2D eigenvalue weighted by Crippen LogP contribution is -2.31. The number of hydrogen-bond acceptors (Lipinski definition) is 5. The van der Waals surface area contributed by atoms with Gasteiger partial charge in [-0.15, -0.1) is 0 Å². The van der Waals surface area contributed by atoms with E-state index in [2.05, 4.69) is 0 Å². The minimum Gasteiger partial charge on any atom is -0.492 e. The van der Waals surface area contributed by atoms with Crippen molar-refractivity contribution in [1.29, 1.82) is 0 Å². The van der Waals surface area contributed by atoms with Crippen molar-refractivity contribution < 1.29 is 19.2 Å². The van der Waals surface area contributed by atoms with E-state index in [9.17, 15) is 14.4 Å². The van der Waals surface area contributed by atoms with Gasteiger partial charge in [0.25, 0.3) is 0 Å². The SMILES string of the molecule is O=C(O)c1cccc(OCCn2c(=O)on(CC(c3ccccc3)c3ccccc3)c2=O)c1. The van der Waals surface area contributed by atoms with E-state index in [-0.39, 0.29) is 31.2 Å². The Morgan fingerprint density at radius 2 is 1.55 bits per heavy atom. The molecule has 8 heteroatoms. The maximum absolute atomic E-state index is 12.9. The summed E-state index contributed by atoms with van der Waals surface area (Å²) >= 11 is 0. The maximum atomic E-state index is 12.9. The predicted molar refractivity (Wildman–Crippen MR) is 121 cm³/mol. The Balaban J connectivity index is 1.52. The third-order valence-electron chi connectivity index (χ3n) is 5.27. The molecular formula is C25H22N2O6. The van der Waals surface area contributed by atoms with Crippen LogP contribution in [0.4, 0.5) is 0 Å². The van der Waals surface area contributed by atoms with E-state index in [1.54, 1.807) is 12.1 Å². The summed E-state index contributed by atoms with van der Waals surface area (Å²) in [5.74, 6) is -1.69. The monoisotopic (exact) mass is 446 g/mol. The lowest BCUT2D eigenvalue weighted by molar-refractivity contribution is 0.0696. The second-order valence-corrected chi connectivity index (χ2v) is 7.41. The molecule has 3 aromatic carbocycles. The topological polar surface area (TPSA) is 104 Å². The zero-order valence-corrected chi connectivity index (χ0v) is 17.7. The number of rotatable bonds is 9. The van der Waals surface area contributed by atoms with Crippen LogP contribution in [-0.2, 0) is 13.1 Å². The minimum absolute atomic E-state index is 0.00144. The molecule has 0 saturated carbocycles. The highest BCUT2D eigenvalue weighted by molar-refractivity contribution is 5.87. The maximum Gasteiger partial charge on any atom is 0.442 e. The van der Waals surface area contributed by atoms with Crippen LogP contribution in [0.5, 0.6) is 5.75 Å². The molecule has 0 saturated heterocycles. The molecule has 1 aromatic heterocycles. The van der Waals surface area contributed by atoms with Crippen LogP contribution in [0.3, 0.4) is 0 Å². The lowest BCUT2D eigenvalue weighted by Gasteiger charge is -2.17. The van der Waals surface area contributed by atoms with Crippen LogP contribution in [0.1, 0.15) is 27.4 Å². The first-order valence-electron chi connectivity index (χ1n) is 10.4. The van der Waals surface area contributed by atoms with Gasteiger partial charge in [-0.05, 0) is 29.3 Å². The van der Waals surface area contributed by atoms with Crippen molar-refractivity contribution in [2.24, 2.45) is 0 Å². The second kappa shape index (κ2) is 9.86. The summed E-state index contributed by atoms with van der Waals surface area (Å²) < 4.78 is 12.8. The Bertz CT molecular complexity index is 1300. The molecule has 8 nitrogen and oxygen atoms in total. The molecule has 0 aliphatic rings. The molecule has 1 N–H and O–H groups in total. The number of nitrogens with zero attached hydrogens (tertiary/aromatic N) is 2. The standard InChI is InChI=1S/C25H22N2O6/c28-23(29)20-12-7-13-21(16-20)32-15-14-26-24(30)27(33-25(26)31)17-22(18-8-3-1-4-9-18)19-10-5-2-6-11-19/h1-13,16,22H,14-15,17H2,(H,28,29). The molecule has 168 valence electrons. The smallest absolute Gasteiger partial charge is 0.442 e. The first-order chi connectivity index (χ1) is 16.0. The minimum atomic E-state index is -1.07. The Labute approximate surface area is 188 Å². The lowest BCUT2D eigenvalue weighted by atomic mass is 9.91. The molecule has 0 fully saturated rings. The quantitative estimate of drug-likeness (QED) is 0.423. The van der Waals surface area contributed by atoms with Crippen molar-refractivity contribution in [2.45, 2.75) is 19.0 Å². The third kappa shape index (κ3) is 5.12. The van der Waals surface area contributed by atoms with Gasteiger partial charge in [0.05, 0.1) is 18.7 Å². The average molecular weight is 446 g/mol. The van der Waals surface area contributed by atoms with Gasteiger partial charge in [0.1, 0.15) is 12.4 Å². The summed E-state index contributed by atoms with van der Waals surface area (Å²) in [5, 5.41) is 9.07. The predicted octanol–water partition coefficient (Wildman–Crippen LogP) is 3.21. The first-order valence-corrected chi connectivity index (χ1v) is 10.4. The highest BCUT2D eigenvalue weighted by Crippen LogP contribution is 2.25. The molecule has 0 aliphatic carbocycles. The first kappa shape index (κ1) is 21.9. The summed E-state index contributed by atoms with van der Waals surface area (Å²) in [6.45, 7) is 0.127. The van der Waals surface area contributed by atoms with Crippen LogP contribution < -0.4 is 16.2 Å². The van der Waals surface area contributed by atoms with Crippen molar-refractivity contribution >= 4 is 5.97 Å². The van der Waals surface area contributed by atoms with E-state index in [0.29, 0.717) is 5.75 Å². The molecule has 0 radical (unpaired) electrons. The van der Waals surface area contributed by atoms with Crippen LogP contribution in [-0.4, -0.2) is 27.0 Å². The van der Waals surface area contributed by atoms with E-state index >= 15 is 0 Å². The van der Waals surface area contributed by atoms with E-state index in [4.69, 9.17) is 14.4 Å². The van der Waals surface area contributed by atoms with Crippen molar-refractivity contribution in [1.82, 2.24) is 9.31 Å². The highest BCUT2D eigenvalue weighted by atomic mass is 16.5. The zero-order chi connectivity index (χ0) is 23.2. The molecule has 0 aliphatic heterocycles. The number of carbonyl (C=O) groups is 1.